The van der Waals surface area contributed by atoms with E-state index in [4.69, 9.17) is 16.3 Å². The van der Waals surface area contributed by atoms with Crippen molar-refractivity contribution >= 4 is 23.5 Å². The maximum atomic E-state index is 12.2. The van der Waals surface area contributed by atoms with Crippen LogP contribution < -0.4 is 5.32 Å². The van der Waals surface area contributed by atoms with Gasteiger partial charge in [-0.1, -0.05) is 13.8 Å². The average molecular weight is 450 g/mol. The number of esters is 1. The van der Waals surface area contributed by atoms with Crippen LogP contribution in [0.5, 0.6) is 0 Å². The van der Waals surface area contributed by atoms with E-state index in [0.29, 0.717) is 24.4 Å². The van der Waals surface area contributed by atoms with Crippen molar-refractivity contribution < 1.29 is 19.4 Å². The molecule has 4 aliphatic carbocycles. The highest BCUT2D eigenvalue weighted by atomic mass is 35.5. The van der Waals surface area contributed by atoms with E-state index in [0.717, 1.165) is 63.4 Å². The predicted octanol–water partition coefficient (Wildman–Crippen LogP) is 3.97. The Morgan fingerprint density at radius 2 is 1.97 bits per heavy atom. The Balaban J connectivity index is 1.37. The number of carbonyl (C=O) groups excluding carboxylic acids is 2. The van der Waals surface area contributed by atoms with Crippen LogP contribution in [0.2, 0.25) is 0 Å². The van der Waals surface area contributed by atoms with Gasteiger partial charge in [-0.25, -0.2) is 4.79 Å². The molecule has 8 atom stereocenters. The highest BCUT2D eigenvalue weighted by molar-refractivity contribution is 6.27. The van der Waals surface area contributed by atoms with Crippen LogP contribution >= 0.6 is 11.6 Å². The number of alkyl halides is 1. The summed E-state index contributed by atoms with van der Waals surface area (Å²) in [6, 6.07) is 0.237. The lowest BCUT2D eigenvalue weighted by Gasteiger charge is -2.64. The molecule has 0 aromatic heterocycles. The second kappa shape index (κ2) is 7.48. The number of halogens is 1. The third-order valence-corrected chi connectivity index (χ3v) is 10.7. The molecule has 5 rings (SSSR count). The number of cyclic esters (lactones) is 1. The van der Waals surface area contributed by atoms with Gasteiger partial charge in [0.25, 0.3) is 0 Å². The Morgan fingerprint density at radius 1 is 1.16 bits per heavy atom. The molecule has 1 heterocycles. The summed E-state index contributed by atoms with van der Waals surface area (Å²) < 4.78 is 5.22. The molecule has 0 saturated heterocycles. The molecule has 6 heteroatoms. The predicted molar refractivity (Wildman–Crippen MR) is 118 cm³/mol. The first-order valence-electron chi connectivity index (χ1n) is 12.2. The first-order valence-corrected chi connectivity index (χ1v) is 12.7. The number of carbonyl (C=O) groups is 2. The number of fused-ring (bicyclic) bond motifs is 5. The number of hydrogen-bond donors (Lipinski definition) is 2. The van der Waals surface area contributed by atoms with Gasteiger partial charge in [-0.05, 0) is 92.4 Å². The lowest BCUT2D eigenvalue weighted by molar-refractivity contribution is -0.205. The van der Waals surface area contributed by atoms with Crippen molar-refractivity contribution in [3.8, 4) is 0 Å². The molecule has 172 valence electrons. The van der Waals surface area contributed by atoms with Gasteiger partial charge in [-0.3, -0.25) is 4.79 Å². The molecule has 0 spiro atoms. The average Bonchev–Trinajstić information content (AvgIpc) is 3.28. The second-order valence-corrected chi connectivity index (χ2v) is 11.7. The van der Waals surface area contributed by atoms with Crippen molar-refractivity contribution in [2.45, 2.75) is 83.3 Å². The standard InChI is InChI=1S/C25H36ClNO4/c1-23-8-5-17(27-21(28)13-26)12-16(23)3-4-20-19(23)6-9-24(2)18(7-10-25(20,24)30)15-11-22(29)31-14-15/h11,16-20,30H,3-10,12-14H2,1-2H3,(H,27,28)/t16-,17+,18-,19+,20-,23+,24-,25+/m1/s1. The molecule has 0 aromatic carbocycles. The summed E-state index contributed by atoms with van der Waals surface area (Å²) in [5.74, 6) is 1.44. The van der Waals surface area contributed by atoms with Crippen molar-refractivity contribution in [1.82, 2.24) is 5.32 Å². The Kier molecular flexibility index (Phi) is 5.25. The molecular weight excluding hydrogens is 414 g/mol. The summed E-state index contributed by atoms with van der Waals surface area (Å²) in [4.78, 5) is 23.5. The van der Waals surface area contributed by atoms with Crippen LogP contribution in [0.25, 0.3) is 0 Å². The normalized spacial score (nSPS) is 48.8. The summed E-state index contributed by atoms with van der Waals surface area (Å²) in [5, 5.41) is 15.4. The molecular formula is C25H36ClNO4. The highest BCUT2D eigenvalue weighted by Crippen LogP contribution is 2.69. The lowest BCUT2D eigenvalue weighted by atomic mass is 9.43. The van der Waals surface area contributed by atoms with Gasteiger partial charge >= 0.3 is 5.97 Å². The van der Waals surface area contributed by atoms with Crippen molar-refractivity contribution in [3.05, 3.63) is 11.6 Å². The molecule has 5 aliphatic rings. The zero-order valence-electron chi connectivity index (χ0n) is 18.8. The van der Waals surface area contributed by atoms with Crippen LogP contribution in [0.3, 0.4) is 0 Å². The van der Waals surface area contributed by atoms with E-state index in [1.807, 2.05) is 0 Å². The number of ether oxygens (including phenoxy) is 1. The minimum atomic E-state index is -0.662. The lowest BCUT2D eigenvalue weighted by Crippen LogP contribution is -2.62. The van der Waals surface area contributed by atoms with Gasteiger partial charge in [0, 0.05) is 17.5 Å². The first kappa shape index (κ1) is 21.8. The fraction of sp³-hybridized carbons (Fsp3) is 0.840. The maximum Gasteiger partial charge on any atom is 0.331 e. The number of nitrogens with one attached hydrogen (secondary N) is 1. The molecule has 4 saturated carbocycles. The molecule has 0 radical (unpaired) electrons. The zero-order valence-corrected chi connectivity index (χ0v) is 19.5. The van der Waals surface area contributed by atoms with Gasteiger partial charge < -0.3 is 15.2 Å². The summed E-state index contributed by atoms with van der Waals surface area (Å²) in [5.41, 5.74) is 0.483. The fourth-order valence-electron chi connectivity index (χ4n) is 8.81. The van der Waals surface area contributed by atoms with E-state index in [1.54, 1.807) is 6.08 Å². The van der Waals surface area contributed by atoms with Crippen LogP contribution in [0, 0.1) is 34.5 Å². The zero-order chi connectivity index (χ0) is 22.0. The molecule has 0 unspecified atom stereocenters. The highest BCUT2D eigenvalue weighted by Gasteiger charge is 2.67. The second-order valence-electron chi connectivity index (χ2n) is 11.5. The molecule has 1 aliphatic heterocycles. The van der Waals surface area contributed by atoms with Gasteiger partial charge in [0.1, 0.15) is 12.5 Å². The SMILES string of the molecule is C[C@]12CC[C@H](NC(=O)CCl)C[C@H]1CC[C@@H]1[C@@H]2CC[C@]2(C)[C@@H](C3=CC(=O)OC3)CC[C@]12O. The van der Waals surface area contributed by atoms with Crippen LogP contribution in [-0.4, -0.2) is 41.1 Å². The van der Waals surface area contributed by atoms with Crippen LogP contribution in [0.1, 0.15) is 71.6 Å². The van der Waals surface area contributed by atoms with E-state index in [1.165, 1.54) is 0 Å². The van der Waals surface area contributed by atoms with Gasteiger partial charge in [0.2, 0.25) is 5.91 Å². The third-order valence-electron chi connectivity index (χ3n) is 10.5. The van der Waals surface area contributed by atoms with E-state index in [2.05, 4.69) is 19.2 Å². The summed E-state index contributed by atoms with van der Waals surface area (Å²) in [6.07, 6.45) is 11.0. The topological polar surface area (TPSA) is 75.6 Å². The number of aliphatic hydroxyl groups is 1. The summed E-state index contributed by atoms with van der Waals surface area (Å²) in [6.45, 7) is 5.13. The van der Waals surface area contributed by atoms with Crippen molar-refractivity contribution in [3.63, 3.8) is 0 Å². The van der Waals surface area contributed by atoms with Crippen LogP contribution in [0.4, 0.5) is 0 Å². The first-order chi connectivity index (χ1) is 14.7. The molecule has 1 amide bonds. The Hall–Kier alpha value is -1.07. The summed E-state index contributed by atoms with van der Waals surface area (Å²) in [7, 11) is 0. The van der Waals surface area contributed by atoms with Crippen LogP contribution in [0.15, 0.2) is 11.6 Å². The van der Waals surface area contributed by atoms with Gasteiger partial charge in [0.05, 0.1) is 5.60 Å². The number of hydrogen-bond acceptors (Lipinski definition) is 4. The molecule has 0 aromatic rings. The van der Waals surface area contributed by atoms with E-state index < -0.39 is 5.60 Å². The Labute approximate surface area is 190 Å². The van der Waals surface area contributed by atoms with Crippen molar-refractivity contribution in [2.24, 2.45) is 34.5 Å². The van der Waals surface area contributed by atoms with E-state index >= 15 is 0 Å². The minimum absolute atomic E-state index is 0.0307. The molecule has 2 N–H and O–H groups in total. The maximum absolute atomic E-state index is 12.2. The molecule has 0 bridgehead atoms. The van der Waals surface area contributed by atoms with Crippen LogP contribution in [-0.2, 0) is 14.3 Å². The van der Waals surface area contributed by atoms with Crippen molar-refractivity contribution in [2.75, 3.05) is 12.5 Å². The van der Waals surface area contributed by atoms with E-state index in [9.17, 15) is 14.7 Å². The Morgan fingerprint density at radius 3 is 2.68 bits per heavy atom. The third kappa shape index (κ3) is 3.13. The molecule has 31 heavy (non-hydrogen) atoms. The van der Waals surface area contributed by atoms with Gasteiger partial charge in [-0.15, -0.1) is 11.6 Å². The van der Waals surface area contributed by atoms with E-state index in [-0.39, 0.29) is 40.5 Å². The quantitative estimate of drug-likeness (QED) is 0.505. The van der Waals surface area contributed by atoms with Gasteiger partial charge in [0.15, 0.2) is 0 Å². The smallest absolute Gasteiger partial charge is 0.331 e. The largest absolute Gasteiger partial charge is 0.458 e. The van der Waals surface area contributed by atoms with Gasteiger partial charge in [-0.2, -0.15) is 0 Å². The monoisotopic (exact) mass is 449 g/mol. The molecule has 5 nitrogen and oxygen atoms in total. The number of rotatable bonds is 3. The number of amides is 1. The molecule has 4 fully saturated rings. The Bertz CT molecular complexity index is 813. The van der Waals surface area contributed by atoms with Crippen molar-refractivity contribution in [1.29, 1.82) is 0 Å². The fourth-order valence-corrected chi connectivity index (χ4v) is 8.88. The summed E-state index contributed by atoms with van der Waals surface area (Å²) >= 11 is 5.70. The minimum Gasteiger partial charge on any atom is -0.458 e.